The van der Waals surface area contributed by atoms with Crippen molar-refractivity contribution in [3.63, 3.8) is 0 Å². The summed E-state index contributed by atoms with van der Waals surface area (Å²) in [6.45, 7) is 3.82. The summed E-state index contributed by atoms with van der Waals surface area (Å²) in [5.74, 6) is 1.56. The minimum absolute atomic E-state index is 0.240. The molecule has 2 N–H and O–H groups in total. The number of fused-ring (bicyclic) bond motifs is 1. The Morgan fingerprint density at radius 3 is 2.67 bits per heavy atom. The van der Waals surface area contributed by atoms with Gasteiger partial charge in [0.25, 0.3) is 6.02 Å². The van der Waals surface area contributed by atoms with Crippen molar-refractivity contribution in [1.82, 2.24) is 0 Å². The molecule has 2 heterocycles. The van der Waals surface area contributed by atoms with E-state index < -0.39 is 5.54 Å². The van der Waals surface area contributed by atoms with Gasteiger partial charge in [0.2, 0.25) is 0 Å². The second-order valence-corrected chi connectivity index (χ2v) is 4.72. The van der Waals surface area contributed by atoms with E-state index in [1.54, 1.807) is 0 Å². The number of amidine groups is 1. The molecule has 5 nitrogen and oxygen atoms in total. The Kier molecular flexibility index (Phi) is 2.54. The summed E-state index contributed by atoms with van der Waals surface area (Å²) < 4.78 is 16.5. The van der Waals surface area contributed by atoms with Gasteiger partial charge in [-0.1, -0.05) is 6.07 Å². The van der Waals surface area contributed by atoms with E-state index in [1.165, 1.54) is 0 Å². The Morgan fingerprint density at radius 2 is 1.94 bits per heavy atom. The Balaban J connectivity index is 1.97. The van der Waals surface area contributed by atoms with E-state index in [2.05, 4.69) is 4.99 Å². The highest BCUT2D eigenvalue weighted by molar-refractivity contribution is 5.74. The van der Waals surface area contributed by atoms with Crippen LogP contribution in [0.1, 0.15) is 18.9 Å². The quantitative estimate of drug-likeness (QED) is 0.816. The first kappa shape index (κ1) is 11.2. The summed E-state index contributed by atoms with van der Waals surface area (Å²) >= 11 is 0. The summed E-state index contributed by atoms with van der Waals surface area (Å²) in [5.41, 5.74) is 6.17. The summed E-state index contributed by atoms with van der Waals surface area (Å²) in [7, 11) is 0. The van der Waals surface area contributed by atoms with Gasteiger partial charge in [0, 0.05) is 6.42 Å². The number of hydrogen-bond donors (Lipinski definition) is 1. The van der Waals surface area contributed by atoms with Gasteiger partial charge in [-0.05, 0) is 24.6 Å². The maximum Gasteiger partial charge on any atom is 0.283 e. The topological polar surface area (TPSA) is 66.1 Å². The van der Waals surface area contributed by atoms with Crippen LogP contribution in [0.15, 0.2) is 23.2 Å². The first-order valence-electron chi connectivity index (χ1n) is 6.06. The molecule has 1 aromatic carbocycles. The van der Waals surface area contributed by atoms with Crippen molar-refractivity contribution in [2.75, 3.05) is 19.8 Å². The Hall–Kier alpha value is -1.91. The fourth-order valence-corrected chi connectivity index (χ4v) is 2.17. The maximum absolute atomic E-state index is 5.67. The molecule has 18 heavy (non-hydrogen) atoms. The monoisotopic (exact) mass is 248 g/mol. The standard InChI is InChI=1S/C13H16N2O3/c1-13(8-18-12(14)15-13)9-3-4-10-11(7-9)17-6-2-5-16-10/h3-4,7H,2,5-6,8H2,1H3,(H2,14,15). The van der Waals surface area contributed by atoms with E-state index in [0.717, 1.165) is 23.5 Å². The first-order chi connectivity index (χ1) is 8.67. The molecule has 0 bridgehead atoms. The number of hydrogen-bond acceptors (Lipinski definition) is 5. The number of aliphatic imine (C=N–C) groups is 1. The number of nitrogens with two attached hydrogens (primary N) is 1. The van der Waals surface area contributed by atoms with Gasteiger partial charge in [0.1, 0.15) is 12.1 Å². The normalized spacial score (nSPS) is 26.2. The van der Waals surface area contributed by atoms with Gasteiger partial charge in [-0.2, -0.15) is 0 Å². The van der Waals surface area contributed by atoms with Crippen LogP contribution in [-0.4, -0.2) is 25.8 Å². The lowest BCUT2D eigenvalue weighted by molar-refractivity contribution is 0.265. The first-order valence-corrected chi connectivity index (χ1v) is 6.06. The average molecular weight is 248 g/mol. The van der Waals surface area contributed by atoms with E-state index in [4.69, 9.17) is 19.9 Å². The molecule has 1 aromatic rings. The van der Waals surface area contributed by atoms with Crippen molar-refractivity contribution in [2.45, 2.75) is 18.9 Å². The fourth-order valence-electron chi connectivity index (χ4n) is 2.17. The summed E-state index contributed by atoms with van der Waals surface area (Å²) in [6, 6.07) is 6.11. The number of nitrogens with zero attached hydrogens (tertiary/aromatic N) is 1. The van der Waals surface area contributed by atoms with E-state index in [9.17, 15) is 0 Å². The zero-order valence-electron chi connectivity index (χ0n) is 10.3. The van der Waals surface area contributed by atoms with Gasteiger partial charge in [0.05, 0.1) is 13.2 Å². The van der Waals surface area contributed by atoms with Crippen LogP contribution in [0.5, 0.6) is 11.5 Å². The Morgan fingerprint density at radius 1 is 1.17 bits per heavy atom. The zero-order valence-corrected chi connectivity index (χ0v) is 10.3. The van der Waals surface area contributed by atoms with Crippen molar-refractivity contribution in [2.24, 2.45) is 10.7 Å². The van der Waals surface area contributed by atoms with E-state index >= 15 is 0 Å². The van der Waals surface area contributed by atoms with Crippen LogP contribution in [0.2, 0.25) is 0 Å². The lowest BCUT2D eigenvalue weighted by Crippen LogP contribution is -2.20. The smallest absolute Gasteiger partial charge is 0.283 e. The molecule has 0 saturated heterocycles. The molecule has 2 aliphatic rings. The lowest BCUT2D eigenvalue weighted by atomic mass is 9.94. The van der Waals surface area contributed by atoms with Crippen LogP contribution < -0.4 is 15.2 Å². The van der Waals surface area contributed by atoms with Crippen LogP contribution >= 0.6 is 0 Å². The van der Waals surface area contributed by atoms with Gasteiger partial charge < -0.3 is 19.9 Å². The molecule has 96 valence electrons. The van der Waals surface area contributed by atoms with Gasteiger partial charge in [-0.25, -0.2) is 4.99 Å². The highest BCUT2D eigenvalue weighted by atomic mass is 16.5. The SMILES string of the molecule is CC1(c2ccc3c(c2)OCCCO3)COC(N)=N1. The second kappa shape index (κ2) is 4.08. The van der Waals surface area contributed by atoms with Crippen LogP contribution in [-0.2, 0) is 10.3 Å². The molecular formula is C13H16N2O3. The molecular weight excluding hydrogens is 232 g/mol. The predicted octanol–water partition coefficient (Wildman–Crippen LogP) is 1.41. The molecule has 3 rings (SSSR count). The molecule has 1 unspecified atom stereocenters. The minimum Gasteiger partial charge on any atom is -0.490 e. The van der Waals surface area contributed by atoms with Gasteiger partial charge in [0.15, 0.2) is 11.5 Å². The molecule has 2 aliphatic heterocycles. The third-order valence-corrected chi connectivity index (χ3v) is 3.23. The molecule has 0 fully saturated rings. The van der Waals surface area contributed by atoms with Gasteiger partial charge in [-0.15, -0.1) is 0 Å². The highest BCUT2D eigenvalue weighted by Gasteiger charge is 2.33. The Bertz CT molecular complexity index is 501. The molecule has 0 aromatic heterocycles. The molecule has 0 aliphatic carbocycles. The van der Waals surface area contributed by atoms with Crippen LogP contribution in [0.4, 0.5) is 0 Å². The largest absolute Gasteiger partial charge is 0.490 e. The fraction of sp³-hybridized carbons (Fsp3) is 0.462. The molecule has 0 radical (unpaired) electrons. The second-order valence-electron chi connectivity index (χ2n) is 4.72. The molecule has 0 spiro atoms. The van der Waals surface area contributed by atoms with E-state index in [0.29, 0.717) is 19.8 Å². The predicted molar refractivity (Wildman–Crippen MR) is 67.0 cm³/mol. The van der Waals surface area contributed by atoms with Crippen LogP contribution in [0.3, 0.4) is 0 Å². The number of rotatable bonds is 1. The van der Waals surface area contributed by atoms with E-state index in [1.807, 2.05) is 25.1 Å². The molecule has 0 amide bonds. The zero-order chi connectivity index (χ0) is 12.6. The van der Waals surface area contributed by atoms with Crippen LogP contribution in [0.25, 0.3) is 0 Å². The van der Waals surface area contributed by atoms with Crippen LogP contribution in [0, 0.1) is 0 Å². The van der Waals surface area contributed by atoms with Gasteiger partial charge in [-0.3, -0.25) is 0 Å². The average Bonchev–Trinajstić information content (AvgIpc) is 2.60. The Labute approximate surface area is 106 Å². The van der Waals surface area contributed by atoms with E-state index in [-0.39, 0.29) is 6.02 Å². The summed E-state index contributed by atoms with van der Waals surface area (Å²) in [6.07, 6.45) is 0.898. The van der Waals surface area contributed by atoms with Crippen molar-refractivity contribution in [3.05, 3.63) is 23.8 Å². The van der Waals surface area contributed by atoms with Gasteiger partial charge >= 0.3 is 0 Å². The number of benzene rings is 1. The highest BCUT2D eigenvalue weighted by Crippen LogP contribution is 2.37. The molecule has 1 atom stereocenters. The van der Waals surface area contributed by atoms with Crippen molar-refractivity contribution in [3.8, 4) is 11.5 Å². The van der Waals surface area contributed by atoms with Crippen molar-refractivity contribution in [1.29, 1.82) is 0 Å². The lowest BCUT2D eigenvalue weighted by Gasteiger charge is -2.20. The summed E-state index contributed by atoms with van der Waals surface area (Å²) in [4.78, 5) is 4.34. The molecule has 5 heteroatoms. The van der Waals surface area contributed by atoms with Crippen molar-refractivity contribution < 1.29 is 14.2 Å². The third kappa shape index (κ3) is 1.85. The minimum atomic E-state index is -0.436. The summed E-state index contributed by atoms with van der Waals surface area (Å²) in [5, 5.41) is 0. The number of ether oxygens (including phenoxy) is 3. The van der Waals surface area contributed by atoms with Crippen molar-refractivity contribution >= 4 is 6.02 Å². The maximum atomic E-state index is 5.67. The third-order valence-electron chi connectivity index (χ3n) is 3.23. The molecule has 0 saturated carbocycles.